The lowest BCUT2D eigenvalue weighted by molar-refractivity contribution is -0.118. The predicted octanol–water partition coefficient (Wildman–Crippen LogP) is 8.96. The Hall–Kier alpha value is -11.4. The van der Waals surface area contributed by atoms with Crippen LogP contribution in [0, 0.1) is 0 Å². The molecule has 0 aliphatic carbocycles. The van der Waals surface area contributed by atoms with Crippen molar-refractivity contribution in [2.24, 2.45) is 16.7 Å². The fraction of sp³-hybridized carbons (Fsp3) is 0.391. The van der Waals surface area contributed by atoms with Gasteiger partial charge in [-0.1, -0.05) is 104 Å². The smallest absolute Gasteiger partial charge is 0.418 e. The molecule has 21 rings (SSSR count). The SMILES string of the molecule is C/C=C/[P+](c1ccccc1)(c1ccccc1)c1ccccc1.C=CCON1C(=O)N2Cc3nc(CCB(C)O)sc3C1C2.C=CCON1C(=O)N2Cc3nc(CN=[N+]=[N-])sc3C1C2.C=CCON1C(=O)N2Cc3nc(CO)sc3C1C2.C=CCON1C(=O)N2Cc3nc(COS(C)(=O)=O)sc3C1C2.CB(O)CCc1nc2c(s1)C1CN(C2)C(=O)N1OS(=O)(=O)[O-].NCc1nc2c(s1)C1CN(C2)C(=O)N1OS(=O)(=O)O.NO[B]C=O. The zero-order valence-electron chi connectivity index (χ0n) is 80.6. The number of hydrogen-bond acceptors (Lipinski definition) is 40. The number of hydroxylamine groups is 12. The van der Waals surface area contributed by atoms with Crippen molar-refractivity contribution in [1.29, 1.82) is 0 Å². The first-order chi connectivity index (χ1) is 71.4. The van der Waals surface area contributed by atoms with Gasteiger partial charge in [-0.3, -0.25) is 28.1 Å². The number of benzene rings is 3. The summed E-state index contributed by atoms with van der Waals surface area (Å²) in [5.41, 5.74) is 18.7. The lowest BCUT2D eigenvalue weighted by Crippen LogP contribution is -2.32. The van der Waals surface area contributed by atoms with E-state index in [4.69, 9.17) is 49.3 Å². The molecule has 18 heterocycles. The number of fused-ring (bicyclic) bond motifs is 24. The van der Waals surface area contributed by atoms with Crippen LogP contribution in [0.25, 0.3) is 10.4 Å². The topological polar surface area (TPSA) is 617 Å². The number of hydrogen-bond donors (Lipinski definition) is 6. The molecule has 0 spiro atoms. The van der Waals surface area contributed by atoms with E-state index in [0.29, 0.717) is 134 Å². The fourth-order valence-corrected chi connectivity index (χ4v) is 28.8. The molecule has 6 fully saturated rings. The van der Waals surface area contributed by atoms with E-state index in [1.165, 1.54) is 103 Å². The summed E-state index contributed by atoms with van der Waals surface area (Å²) in [7, 11) is -14.2. The van der Waals surface area contributed by atoms with E-state index in [-0.39, 0.29) is 114 Å². The number of rotatable bonds is 35. The third-order valence-corrected chi connectivity index (χ3v) is 36.1. The zero-order chi connectivity index (χ0) is 107. The molecule has 6 atom stereocenters. The van der Waals surface area contributed by atoms with Crippen LogP contribution in [-0.2, 0) is 151 Å². The molecule has 12 aliphatic rings. The Morgan fingerprint density at radius 1 is 0.497 bits per heavy atom. The van der Waals surface area contributed by atoms with Crippen molar-refractivity contribution in [2.45, 2.75) is 148 Å². The van der Waals surface area contributed by atoms with E-state index in [0.717, 1.165) is 87.2 Å². The monoisotopic (exact) mass is 2240 g/mol. The molecule has 12 bridgehead atoms. The van der Waals surface area contributed by atoms with Gasteiger partial charge >= 0.3 is 54.1 Å². The summed E-state index contributed by atoms with van der Waals surface area (Å²) in [6.07, 6.45) is 12.7. The summed E-state index contributed by atoms with van der Waals surface area (Å²) in [5, 5.41) is 46.9. The number of nitrogens with zero attached hydrogens (tertiary/aromatic N) is 21. The Kier molecular flexibility index (Phi) is 38.5. The Labute approximate surface area is 883 Å². The number of carbonyl (C=O) groups is 7. The van der Waals surface area contributed by atoms with Gasteiger partial charge in [-0.25, -0.2) is 73.0 Å². The molecule has 49 nitrogen and oxygen atoms in total. The fourth-order valence-electron chi connectivity index (χ4n) is 17.4. The molecule has 6 unspecified atom stereocenters. The minimum Gasteiger partial charge on any atom is -0.724 e. The summed E-state index contributed by atoms with van der Waals surface area (Å²) in [5.74, 6) is 6.76. The molecule has 6 saturated heterocycles. The molecule has 12 amide bonds. The molecule has 8 N–H and O–H groups in total. The van der Waals surface area contributed by atoms with Crippen LogP contribution in [-0.4, -0.2) is 275 Å². The largest absolute Gasteiger partial charge is 0.724 e. The molecule has 791 valence electrons. The number of nitrogens with two attached hydrogens (primary N) is 2. The average Bonchev–Trinajstić information content (AvgIpc) is 1.66. The molecule has 1 radical (unpaired) electrons. The number of aliphatic hydroxyl groups excluding tert-OH is 1. The van der Waals surface area contributed by atoms with Crippen LogP contribution in [0.3, 0.4) is 0 Å². The van der Waals surface area contributed by atoms with Crippen molar-refractivity contribution in [3.63, 3.8) is 0 Å². The number of aryl methyl sites for hydroxylation is 2. The van der Waals surface area contributed by atoms with Gasteiger partial charge in [0.25, 0.3) is 23.9 Å². The number of allylic oxidation sites excluding steroid dienone is 1. The van der Waals surface area contributed by atoms with Crippen LogP contribution < -0.4 is 27.5 Å². The summed E-state index contributed by atoms with van der Waals surface area (Å²) >= 11 is 8.56. The molecule has 3 aromatic carbocycles. The molecule has 62 heteroatoms. The Morgan fingerprint density at radius 3 is 1.08 bits per heavy atom. The van der Waals surface area contributed by atoms with Gasteiger partial charge < -0.3 is 64.4 Å². The molecular formula is C87H104B3N23O26PS9. The van der Waals surface area contributed by atoms with Crippen molar-refractivity contribution in [1.82, 2.24) is 89.7 Å². The first kappa shape index (κ1) is 113. The second-order valence-corrected chi connectivity index (χ2v) is 47.6. The number of amides is 12. The standard InChI is InChI=1S/C21H20P.C13H18BN3O3S.C12H15N3O5S2.C11H12N6O2S.C11H13N3O3S.C10H14BN3O6S2.C8H10N4O5S2.CH3BNO2/c1-2-18-22(19-12-6-3-7-13-19,20-14-8-4-9-15-20)21-16-10-5-11-17-21;1-3-6-20-17-10-8-16(13(17)18)7-9-12(10)21-11(15-9)4-5-14(2)19;1-3-4-19-15-9-6-14(12(15)16)5-8-11(9)21-10(13-8)7-20-22(2,17)18;1-2-3-19-17-8-6-16(11(17)18)5-7-10(8)20-9(14-7)4-13-15-12;1-2-3-17-14-8-5-13(11(14)16)4-7-10(8)18-9(6-15)12-7;1-11(16)3-2-8-12-6-4-13-5-7(9(6)21-8)14(10(13)15)20-22(17,18)19;9-1-6-10-4-2-11-3-5(7(4)18-6)12(8(11)13)17-19(14,15)16;3-5-2-1-4/h2-18H,1H3;3,10,19H,1,4-8H2,2H3;3,9H,1,4-7H2,2H3;2,8H,1,3-6H2;2,8,15H,1,3-6H2;7,16H,2-5H2,1H3,(H,17,18,19);5H,1-3,9H2,(H,14,15,16);1H,3H2/q+1;;;;;;;/p-1/b18-2+;;;;;;;. The summed E-state index contributed by atoms with van der Waals surface area (Å²) in [6.45, 7) is 26.1. The van der Waals surface area contributed by atoms with Crippen molar-refractivity contribution >= 4 is 186 Å². The van der Waals surface area contributed by atoms with Gasteiger partial charge in [-0.2, -0.15) is 51.5 Å². The van der Waals surface area contributed by atoms with E-state index in [1.807, 2.05) is 0 Å². The van der Waals surface area contributed by atoms with Gasteiger partial charge in [-0.05, 0) is 74.3 Å². The molecular weight excluding hydrogens is 2140 g/mol. The van der Waals surface area contributed by atoms with Gasteiger partial charge in [0.05, 0.1) is 209 Å². The van der Waals surface area contributed by atoms with Crippen LogP contribution in [0.15, 0.2) is 159 Å². The second-order valence-electron chi connectivity index (χ2n) is 34.0. The maximum absolute atomic E-state index is 12.2. The second kappa shape index (κ2) is 50.7. The van der Waals surface area contributed by atoms with Crippen LogP contribution >= 0.6 is 75.3 Å². The molecule has 9 aromatic rings. The van der Waals surface area contributed by atoms with Gasteiger partial charge in [-0.15, -0.1) is 98.6 Å². The minimum atomic E-state index is -5.02. The number of carbonyl (C=O) groups excluding carboxylic acids is 7. The molecule has 0 saturated carbocycles. The summed E-state index contributed by atoms with van der Waals surface area (Å²) in [4.78, 5) is 148. The van der Waals surface area contributed by atoms with Gasteiger partial charge in [0.2, 0.25) is 10.4 Å². The Morgan fingerprint density at radius 2 is 0.792 bits per heavy atom. The highest BCUT2D eigenvalue weighted by Crippen LogP contribution is 2.57. The number of thiazole rings is 6. The maximum Gasteiger partial charge on any atom is 0.418 e. The van der Waals surface area contributed by atoms with E-state index in [9.17, 15) is 68.6 Å². The first-order valence-electron chi connectivity index (χ1n) is 45.9. The quantitative estimate of drug-likeness (QED) is 0.00184. The van der Waals surface area contributed by atoms with E-state index in [1.54, 1.807) is 68.9 Å². The van der Waals surface area contributed by atoms with E-state index >= 15 is 0 Å². The number of azide groups is 1. The van der Waals surface area contributed by atoms with Crippen molar-refractivity contribution in [3.8, 4) is 0 Å². The minimum absolute atomic E-state index is 0.0636. The van der Waals surface area contributed by atoms with Gasteiger partial charge in [0.1, 0.15) is 87.2 Å². The van der Waals surface area contributed by atoms with Crippen molar-refractivity contribution < 1.29 is 120 Å². The normalized spacial score (nSPS) is 18.8. The Balaban J connectivity index is 0.000000136. The van der Waals surface area contributed by atoms with Crippen LogP contribution in [0.2, 0.25) is 26.3 Å². The third-order valence-electron chi connectivity index (χ3n) is 23.5. The maximum atomic E-state index is 12.2. The zero-order valence-corrected chi connectivity index (χ0v) is 88.9. The van der Waals surface area contributed by atoms with Gasteiger partial charge in [0, 0.05) is 11.5 Å². The van der Waals surface area contributed by atoms with Gasteiger partial charge in [0.15, 0.2) is 0 Å². The molecule has 6 aromatic heterocycles. The lowest BCUT2D eigenvalue weighted by Gasteiger charge is -2.23. The van der Waals surface area contributed by atoms with Crippen LogP contribution in [0.4, 0.5) is 28.8 Å². The number of aliphatic hydroxyl groups is 1. The molecule has 12 aliphatic heterocycles. The first-order valence-corrected chi connectivity index (χ1v) is 57.2. The summed E-state index contributed by atoms with van der Waals surface area (Å²) < 4.78 is 102. The highest BCUT2D eigenvalue weighted by atomic mass is 32.3. The molecule has 149 heavy (non-hydrogen) atoms. The highest BCUT2D eigenvalue weighted by Gasteiger charge is 2.54. The van der Waals surface area contributed by atoms with E-state index < -0.39 is 69.2 Å². The number of urea groups is 6. The van der Waals surface area contributed by atoms with Crippen molar-refractivity contribution in [2.75, 3.05) is 72.0 Å². The average molecular weight is 2240 g/mol. The van der Waals surface area contributed by atoms with Crippen molar-refractivity contribution in [3.05, 3.63) is 257 Å². The third kappa shape index (κ3) is 27.0. The number of aromatic nitrogens is 6. The predicted molar refractivity (Wildman–Crippen MR) is 552 cm³/mol. The van der Waals surface area contributed by atoms with E-state index in [2.05, 4.69) is 195 Å². The van der Waals surface area contributed by atoms with Crippen LogP contribution in [0.5, 0.6) is 0 Å². The van der Waals surface area contributed by atoms with Crippen LogP contribution in [0.1, 0.15) is 137 Å². The lowest BCUT2D eigenvalue weighted by atomic mass is 9.67. The summed E-state index contributed by atoms with van der Waals surface area (Å²) in [6, 6.07) is 29.1. The Bertz CT molecular complexity index is 6700. The highest BCUT2D eigenvalue weighted by molar-refractivity contribution is 7.98.